The van der Waals surface area contributed by atoms with Crippen molar-refractivity contribution in [1.82, 2.24) is 10.6 Å². The highest BCUT2D eigenvalue weighted by molar-refractivity contribution is 6.32. The number of ether oxygens (including phenoxy) is 3. The summed E-state index contributed by atoms with van der Waals surface area (Å²) in [5, 5.41) is 4.78. The first-order valence-electron chi connectivity index (χ1n) is 8.52. The fourth-order valence-corrected chi connectivity index (χ4v) is 2.24. The molecule has 0 aliphatic carbocycles. The normalized spacial score (nSPS) is 11.5. The zero-order valence-electron chi connectivity index (χ0n) is 16.1. The molecule has 150 valence electrons. The number of nitrogens with one attached hydrogen (secondary N) is 2. The molecule has 0 aliphatic rings. The topological polar surface area (TPSA) is 103 Å². The SMILES string of the molecule is CCCOc1c(Cl)cc(C(=O)O[C@@H](C)C(=O)NC(=O)NC(C)C)cc1OC. The van der Waals surface area contributed by atoms with Crippen molar-refractivity contribution in [3.8, 4) is 11.5 Å². The number of carbonyl (C=O) groups is 3. The van der Waals surface area contributed by atoms with Gasteiger partial charge < -0.3 is 19.5 Å². The number of halogens is 1. The second-order valence-corrected chi connectivity index (χ2v) is 6.41. The van der Waals surface area contributed by atoms with Crippen LogP contribution in [-0.2, 0) is 9.53 Å². The van der Waals surface area contributed by atoms with Gasteiger partial charge in [0.15, 0.2) is 17.6 Å². The van der Waals surface area contributed by atoms with E-state index in [1.54, 1.807) is 13.8 Å². The third-order valence-corrected chi connectivity index (χ3v) is 3.51. The number of esters is 1. The van der Waals surface area contributed by atoms with Crippen molar-refractivity contribution >= 4 is 29.5 Å². The van der Waals surface area contributed by atoms with Gasteiger partial charge in [0.05, 0.1) is 24.3 Å². The molecule has 0 spiro atoms. The Hall–Kier alpha value is -2.48. The summed E-state index contributed by atoms with van der Waals surface area (Å²) in [4.78, 5) is 35.8. The number of imide groups is 1. The largest absolute Gasteiger partial charge is 0.493 e. The van der Waals surface area contributed by atoms with E-state index in [0.29, 0.717) is 12.4 Å². The molecule has 0 saturated heterocycles. The van der Waals surface area contributed by atoms with Crippen molar-refractivity contribution in [1.29, 1.82) is 0 Å². The van der Waals surface area contributed by atoms with Gasteiger partial charge in [-0.3, -0.25) is 10.1 Å². The van der Waals surface area contributed by atoms with E-state index in [1.165, 1.54) is 26.2 Å². The standard InChI is InChI=1S/C18H25ClN2O6/c1-6-7-26-15-13(19)8-12(9-14(15)25-5)17(23)27-11(4)16(22)21-18(24)20-10(2)3/h8-11H,6-7H2,1-5H3,(H2,20,21,22,24)/t11-/m0/s1. The van der Waals surface area contributed by atoms with Gasteiger partial charge in [-0.2, -0.15) is 0 Å². The summed E-state index contributed by atoms with van der Waals surface area (Å²) in [6.07, 6.45) is -0.406. The summed E-state index contributed by atoms with van der Waals surface area (Å²) in [6.45, 7) is 7.24. The molecule has 0 saturated carbocycles. The van der Waals surface area contributed by atoms with Crippen molar-refractivity contribution in [2.75, 3.05) is 13.7 Å². The molecule has 0 aliphatic heterocycles. The van der Waals surface area contributed by atoms with Gasteiger partial charge in [-0.15, -0.1) is 0 Å². The average molecular weight is 401 g/mol. The Morgan fingerprint density at radius 2 is 1.85 bits per heavy atom. The monoisotopic (exact) mass is 400 g/mol. The second-order valence-electron chi connectivity index (χ2n) is 6.00. The lowest BCUT2D eigenvalue weighted by atomic mass is 10.2. The Bertz CT molecular complexity index is 693. The van der Waals surface area contributed by atoms with Crippen molar-refractivity contribution in [2.45, 2.75) is 46.3 Å². The molecule has 27 heavy (non-hydrogen) atoms. The van der Waals surface area contributed by atoms with Crippen LogP contribution in [0.1, 0.15) is 44.5 Å². The maximum atomic E-state index is 12.3. The first-order chi connectivity index (χ1) is 12.7. The number of hydrogen-bond donors (Lipinski definition) is 2. The number of amides is 3. The highest BCUT2D eigenvalue weighted by atomic mass is 35.5. The number of urea groups is 1. The lowest BCUT2D eigenvalue weighted by Crippen LogP contribution is -2.46. The zero-order chi connectivity index (χ0) is 20.6. The van der Waals surface area contributed by atoms with Gasteiger partial charge in [0, 0.05) is 6.04 Å². The maximum absolute atomic E-state index is 12.3. The van der Waals surface area contributed by atoms with Crippen LogP contribution in [0.25, 0.3) is 0 Å². The first kappa shape index (κ1) is 22.6. The average Bonchev–Trinajstić information content (AvgIpc) is 2.58. The van der Waals surface area contributed by atoms with E-state index in [-0.39, 0.29) is 22.4 Å². The van der Waals surface area contributed by atoms with Crippen LogP contribution in [0.5, 0.6) is 11.5 Å². The molecule has 1 atom stereocenters. The molecule has 9 heteroatoms. The summed E-state index contributed by atoms with van der Waals surface area (Å²) in [5.41, 5.74) is 0.0898. The smallest absolute Gasteiger partial charge is 0.339 e. The highest BCUT2D eigenvalue weighted by Crippen LogP contribution is 2.36. The predicted octanol–water partition coefficient (Wildman–Crippen LogP) is 2.92. The molecule has 1 aromatic carbocycles. The maximum Gasteiger partial charge on any atom is 0.339 e. The number of carbonyl (C=O) groups excluding carboxylic acids is 3. The molecule has 2 N–H and O–H groups in total. The van der Waals surface area contributed by atoms with Crippen molar-refractivity contribution in [3.63, 3.8) is 0 Å². The minimum absolute atomic E-state index is 0.0898. The fraction of sp³-hybridized carbons (Fsp3) is 0.500. The molecule has 0 heterocycles. The Labute approximate surface area is 163 Å². The Morgan fingerprint density at radius 3 is 2.41 bits per heavy atom. The van der Waals surface area contributed by atoms with Gasteiger partial charge >= 0.3 is 12.0 Å². The lowest BCUT2D eigenvalue weighted by molar-refractivity contribution is -0.127. The van der Waals surface area contributed by atoms with E-state index in [1.807, 2.05) is 6.92 Å². The van der Waals surface area contributed by atoms with Crippen LogP contribution in [0.4, 0.5) is 4.79 Å². The quantitative estimate of drug-likeness (QED) is 0.650. The molecule has 8 nitrogen and oxygen atoms in total. The zero-order valence-corrected chi connectivity index (χ0v) is 16.8. The van der Waals surface area contributed by atoms with Crippen LogP contribution >= 0.6 is 11.6 Å². The Kier molecular flexibility index (Phi) is 8.87. The third kappa shape index (κ3) is 6.97. The van der Waals surface area contributed by atoms with E-state index in [9.17, 15) is 14.4 Å². The van der Waals surface area contributed by atoms with E-state index in [2.05, 4.69) is 10.6 Å². The van der Waals surface area contributed by atoms with Gasteiger partial charge in [-0.1, -0.05) is 18.5 Å². The molecular formula is C18H25ClN2O6. The molecule has 0 aromatic heterocycles. The fourth-order valence-electron chi connectivity index (χ4n) is 1.98. The first-order valence-corrected chi connectivity index (χ1v) is 8.90. The van der Waals surface area contributed by atoms with Crippen LogP contribution in [0.2, 0.25) is 5.02 Å². The highest BCUT2D eigenvalue weighted by Gasteiger charge is 2.23. The van der Waals surface area contributed by atoms with Gasteiger partial charge in [0.1, 0.15) is 0 Å². The van der Waals surface area contributed by atoms with Gasteiger partial charge in [-0.25, -0.2) is 9.59 Å². The summed E-state index contributed by atoms with van der Waals surface area (Å²) < 4.78 is 15.8. The molecule has 0 unspecified atom stereocenters. The molecule has 0 radical (unpaired) electrons. The minimum Gasteiger partial charge on any atom is -0.493 e. The van der Waals surface area contributed by atoms with Gasteiger partial charge in [0.2, 0.25) is 0 Å². The van der Waals surface area contributed by atoms with E-state index in [0.717, 1.165) is 6.42 Å². The van der Waals surface area contributed by atoms with Gasteiger partial charge in [0.25, 0.3) is 5.91 Å². The number of hydrogen-bond acceptors (Lipinski definition) is 6. The summed E-state index contributed by atoms with van der Waals surface area (Å²) in [7, 11) is 1.42. The van der Waals surface area contributed by atoms with Crippen LogP contribution < -0.4 is 20.1 Å². The van der Waals surface area contributed by atoms with Crippen LogP contribution in [0.15, 0.2) is 12.1 Å². The van der Waals surface area contributed by atoms with Crippen molar-refractivity contribution in [2.24, 2.45) is 0 Å². The second kappa shape index (κ2) is 10.6. The Balaban J connectivity index is 2.82. The summed E-state index contributed by atoms with van der Waals surface area (Å²) in [5.74, 6) is -0.934. The van der Waals surface area contributed by atoms with Crippen LogP contribution in [-0.4, -0.2) is 43.8 Å². The summed E-state index contributed by atoms with van der Waals surface area (Å²) >= 11 is 6.16. The van der Waals surface area contributed by atoms with Crippen LogP contribution in [0.3, 0.4) is 0 Å². The summed E-state index contributed by atoms with van der Waals surface area (Å²) in [6, 6.07) is 1.97. The lowest BCUT2D eigenvalue weighted by Gasteiger charge is -2.16. The number of benzene rings is 1. The minimum atomic E-state index is -1.18. The van der Waals surface area contributed by atoms with Crippen molar-refractivity contribution < 1.29 is 28.6 Å². The number of methoxy groups -OCH3 is 1. The molecule has 1 aromatic rings. The third-order valence-electron chi connectivity index (χ3n) is 3.23. The van der Waals surface area contributed by atoms with E-state index < -0.39 is 24.0 Å². The Morgan fingerprint density at radius 1 is 1.19 bits per heavy atom. The van der Waals surface area contributed by atoms with Crippen LogP contribution in [0, 0.1) is 0 Å². The van der Waals surface area contributed by atoms with Crippen molar-refractivity contribution in [3.05, 3.63) is 22.7 Å². The van der Waals surface area contributed by atoms with E-state index >= 15 is 0 Å². The molecular weight excluding hydrogens is 376 g/mol. The molecule has 0 fully saturated rings. The van der Waals surface area contributed by atoms with Gasteiger partial charge in [-0.05, 0) is 39.3 Å². The molecule has 3 amide bonds. The predicted molar refractivity (Wildman–Crippen MR) is 100 cm³/mol. The van der Waals surface area contributed by atoms with E-state index in [4.69, 9.17) is 25.8 Å². The molecule has 1 rings (SSSR count). The molecule has 0 bridgehead atoms. The number of rotatable bonds is 8.